The standard InChI is InChI=1S/C13H18Cl2N2O/c14-12-3-2-11(10-13(12)15)17-7-5-16(6-8-17)4-1-9-18/h2-3,10,18H,1,4-9H2. The summed E-state index contributed by atoms with van der Waals surface area (Å²) in [6, 6.07) is 5.78. The SMILES string of the molecule is OCCCN1CCN(c2ccc(Cl)c(Cl)c2)CC1. The van der Waals surface area contributed by atoms with Crippen LogP contribution >= 0.6 is 23.2 Å². The Balaban J connectivity index is 1.90. The van der Waals surface area contributed by atoms with Gasteiger partial charge in [-0.25, -0.2) is 0 Å². The van der Waals surface area contributed by atoms with E-state index in [0.29, 0.717) is 10.0 Å². The highest BCUT2D eigenvalue weighted by Crippen LogP contribution is 2.27. The maximum Gasteiger partial charge on any atom is 0.0612 e. The third-order valence-electron chi connectivity index (χ3n) is 3.27. The number of nitrogens with zero attached hydrogens (tertiary/aromatic N) is 2. The molecule has 1 aliphatic rings. The molecule has 18 heavy (non-hydrogen) atoms. The van der Waals surface area contributed by atoms with Crippen molar-refractivity contribution in [1.82, 2.24) is 4.90 Å². The predicted molar refractivity (Wildman–Crippen MR) is 76.8 cm³/mol. The van der Waals surface area contributed by atoms with Crippen LogP contribution in [-0.2, 0) is 0 Å². The van der Waals surface area contributed by atoms with Crippen LogP contribution in [0.5, 0.6) is 0 Å². The predicted octanol–water partition coefficient (Wildman–Crippen LogP) is 2.50. The number of anilines is 1. The third-order valence-corrected chi connectivity index (χ3v) is 4.01. The number of hydrogen-bond acceptors (Lipinski definition) is 3. The van der Waals surface area contributed by atoms with Gasteiger partial charge in [-0.1, -0.05) is 23.2 Å². The zero-order chi connectivity index (χ0) is 13.0. The molecule has 0 atom stereocenters. The summed E-state index contributed by atoms with van der Waals surface area (Å²) in [6.45, 7) is 5.28. The highest BCUT2D eigenvalue weighted by Gasteiger charge is 2.17. The van der Waals surface area contributed by atoms with E-state index in [1.165, 1.54) is 0 Å². The second-order valence-electron chi connectivity index (χ2n) is 4.50. The molecule has 100 valence electrons. The first-order valence-corrected chi connectivity index (χ1v) is 6.99. The molecule has 2 rings (SSSR count). The molecule has 0 aliphatic carbocycles. The molecule has 0 aromatic heterocycles. The summed E-state index contributed by atoms with van der Waals surface area (Å²) >= 11 is 12.0. The van der Waals surface area contributed by atoms with Crippen LogP contribution in [0, 0.1) is 0 Å². The van der Waals surface area contributed by atoms with E-state index in [1.807, 2.05) is 18.2 Å². The van der Waals surface area contributed by atoms with Crippen molar-refractivity contribution in [3.05, 3.63) is 28.2 Å². The minimum absolute atomic E-state index is 0.271. The van der Waals surface area contributed by atoms with E-state index in [-0.39, 0.29) is 6.61 Å². The first kappa shape index (κ1) is 13.9. The molecule has 1 N–H and O–H groups in total. The average Bonchev–Trinajstić information content (AvgIpc) is 2.40. The van der Waals surface area contributed by atoms with Crippen molar-refractivity contribution < 1.29 is 5.11 Å². The van der Waals surface area contributed by atoms with Gasteiger partial charge in [0.05, 0.1) is 10.0 Å². The molecule has 3 nitrogen and oxygen atoms in total. The second kappa shape index (κ2) is 6.62. The zero-order valence-electron chi connectivity index (χ0n) is 10.3. The summed E-state index contributed by atoms with van der Waals surface area (Å²) in [6.07, 6.45) is 0.854. The van der Waals surface area contributed by atoms with Gasteiger partial charge in [-0.15, -0.1) is 0 Å². The van der Waals surface area contributed by atoms with E-state index in [9.17, 15) is 0 Å². The maximum atomic E-state index is 8.82. The Bertz CT molecular complexity index is 393. The lowest BCUT2D eigenvalue weighted by Crippen LogP contribution is -2.46. The van der Waals surface area contributed by atoms with Gasteiger partial charge in [0, 0.05) is 45.0 Å². The number of hydrogen-bond donors (Lipinski definition) is 1. The minimum Gasteiger partial charge on any atom is -0.396 e. The third kappa shape index (κ3) is 3.51. The lowest BCUT2D eigenvalue weighted by Gasteiger charge is -2.36. The number of benzene rings is 1. The van der Waals surface area contributed by atoms with Crippen LogP contribution in [0.25, 0.3) is 0 Å². The monoisotopic (exact) mass is 288 g/mol. The van der Waals surface area contributed by atoms with E-state index in [0.717, 1.165) is 44.8 Å². The van der Waals surface area contributed by atoms with Crippen molar-refractivity contribution in [2.24, 2.45) is 0 Å². The van der Waals surface area contributed by atoms with Crippen LogP contribution < -0.4 is 4.90 Å². The van der Waals surface area contributed by atoms with Gasteiger partial charge < -0.3 is 10.0 Å². The molecule has 0 unspecified atom stereocenters. The maximum absolute atomic E-state index is 8.82. The van der Waals surface area contributed by atoms with Crippen molar-refractivity contribution in [3.8, 4) is 0 Å². The Labute approximate surface area is 118 Å². The van der Waals surface area contributed by atoms with Gasteiger partial charge in [-0.05, 0) is 24.6 Å². The van der Waals surface area contributed by atoms with E-state index in [2.05, 4.69) is 9.80 Å². The lowest BCUT2D eigenvalue weighted by molar-refractivity contribution is 0.216. The molecular formula is C13H18Cl2N2O. The molecule has 5 heteroatoms. The topological polar surface area (TPSA) is 26.7 Å². The molecule has 1 saturated heterocycles. The largest absolute Gasteiger partial charge is 0.396 e. The highest BCUT2D eigenvalue weighted by molar-refractivity contribution is 6.42. The molecule has 0 saturated carbocycles. The summed E-state index contributed by atoms with van der Waals surface area (Å²) in [5.74, 6) is 0. The number of aliphatic hydroxyl groups is 1. The Morgan fingerprint density at radius 2 is 1.78 bits per heavy atom. The molecule has 0 amide bonds. The molecule has 0 spiro atoms. The van der Waals surface area contributed by atoms with Crippen LogP contribution in [0.4, 0.5) is 5.69 Å². The fourth-order valence-electron chi connectivity index (χ4n) is 2.21. The Kier molecular flexibility index (Phi) is 5.13. The fourth-order valence-corrected chi connectivity index (χ4v) is 2.50. The van der Waals surface area contributed by atoms with Crippen molar-refractivity contribution in [1.29, 1.82) is 0 Å². The van der Waals surface area contributed by atoms with E-state index >= 15 is 0 Å². The molecule has 1 aromatic rings. The summed E-state index contributed by atoms with van der Waals surface area (Å²) < 4.78 is 0. The number of piperazine rings is 1. The van der Waals surface area contributed by atoms with Gasteiger partial charge in [0.1, 0.15) is 0 Å². The van der Waals surface area contributed by atoms with Crippen LogP contribution in [0.1, 0.15) is 6.42 Å². The fraction of sp³-hybridized carbons (Fsp3) is 0.538. The van der Waals surface area contributed by atoms with Crippen molar-refractivity contribution in [3.63, 3.8) is 0 Å². The van der Waals surface area contributed by atoms with E-state index in [4.69, 9.17) is 28.3 Å². The van der Waals surface area contributed by atoms with Crippen LogP contribution in [0.15, 0.2) is 18.2 Å². The molecule has 1 fully saturated rings. The van der Waals surface area contributed by atoms with Crippen LogP contribution in [-0.4, -0.2) is 49.3 Å². The molecule has 1 aliphatic heterocycles. The molecule has 1 aromatic carbocycles. The van der Waals surface area contributed by atoms with Gasteiger partial charge in [0.2, 0.25) is 0 Å². The summed E-state index contributed by atoms with van der Waals surface area (Å²) in [4.78, 5) is 4.70. The van der Waals surface area contributed by atoms with Crippen LogP contribution in [0.3, 0.4) is 0 Å². The number of aliphatic hydroxyl groups excluding tert-OH is 1. The van der Waals surface area contributed by atoms with Crippen LogP contribution in [0.2, 0.25) is 10.0 Å². The van der Waals surface area contributed by atoms with Crippen molar-refractivity contribution in [2.45, 2.75) is 6.42 Å². The zero-order valence-corrected chi connectivity index (χ0v) is 11.8. The normalized spacial score (nSPS) is 17.2. The Morgan fingerprint density at radius 1 is 1.06 bits per heavy atom. The van der Waals surface area contributed by atoms with Crippen molar-refractivity contribution >= 4 is 28.9 Å². The second-order valence-corrected chi connectivity index (χ2v) is 5.32. The summed E-state index contributed by atoms with van der Waals surface area (Å²) in [7, 11) is 0. The van der Waals surface area contributed by atoms with Crippen molar-refractivity contribution in [2.75, 3.05) is 44.2 Å². The molecule has 0 bridgehead atoms. The van der Waals surface area contributed by atoms with Gasteiger partial charge in [-0.3, -0.25) is 4.90 Å². The lowest BCUT2D eigenvalue weighted by atomic mass is 10.2. The van der Waals surface area contributed by atoms with E-state index < -0.39 is 0 Å². The Morgan fingerprint density at radius 3 is 2.39 bits per heavy atom. The summed E-state index contributed by atoms with van der Waals surface area (Å²) in [5.41, 5.74) is 1.13. The first-order chi connectivity index (χ1) is 8.70. The first-order valence-electron chi connectivity index (χ1n) is 6.24. The smallest absolute Gasteiger partial charge is 0.0612 e. The Hall–Kier alpha value is -0.480. The summed E-state index contributed by atoms with van der Waals surface area (Å²) in [5, 5.41) is 10.0. The van der Waals surface area contributed by atoms with Gasteiger partial charge in [0.15, 0.2) is 0 Å². The number of rotatable bonds is 4. The van der Waals surface area contributed by atoms with Gasteiger partial charge >= 0.3 is 0 Å². The van der Waals surface area contributed by atoms with Gasteiger partial charge in [0.25, 0.3) is 0 Å². The quantitative estimate of drug-likeness (QED) is 0.922. The minimum atomic E-state index is 0.271. The highest BCUT2D eigenvalue weighted by atomic mass is 35.5. The van der Waals surface area contributed by atoms with E-state index in [1.54, 1.807) is 0 Å². The molecular weight excluding hydrogens is 271 g/mol. The number of halogens is 2. The molecule has 1 heterocycles. The molecule has 0 radical (unpaired) electrons. The van der Waals surface area contributed by atoms with Gasteiger partial charge in [-0.2, -0.15) is 0 Å². The average molecular weight is 289 g/mol.